The van der Waals surface area contributed by atoms with Gasteiger partial charge in [-0.2, -0.15) is 11.8 Å². The zero-order chi connectivity index (χ0) is 12.6. The molecule has 2 unspecified atom stereocenters. The number of ether oxygens (including phenoxy) is 1. The second-order valence-electron chi connectivity index (χ2n) is 3.21. The fourth-order valence-corrected chi connectivity index (χ4v) is 1.55. The molecule has 94 valence electrons. The number of esters is 1. The largest absolute Gasteiger partial charge is 0.464 e. The molecule has 1 amide bonds. The van der Waals surface area contributed by atoms with Crippen molar-refractivity contribution in [2.75, 3.05) is 18.6 Å². The Labute approximate surface area is 105 Å². The minimum absolute atomic E-state index is 0.306. The maximum absolute atomic E-state index is 11.5. The van der Waals surface area contributed by atoms with Gasteiger partial charge in [-0.1, -0.05) is 0 Å². The van der Waals surface area contributed by atoms with Gasteiger partial charge in [-0.3, -0.25) is 4.79 Å². The smallest absolute Gasteiger partial charge is 0.328 e. The Morgan fingerprint density at radius 2 is 2.12 bits per heavy atom. The molecule has 16 heavy (non-hydrogen) atoms. The zero-order valence-corrected chi connectivity index (χ0v) is 11.4. The van der Waals surface area contributed by atoms with Crippen molar-refractivity contribution in [1.29, 1.82) is 0 Å². The average Bonchev–Trinajstić information content (AvgIpc) is 2.23. The van der Waals surface area contributed by atoms with E-state index in [1.807, 2.05) is 6.26 Å². The summed E-state index contributed by atoms with van der Waals surface area (Å²) in [6.45, 7) is 3.60. The maximum atomic E-state index is 11.5. The van der Waals surface area contributed by atoms with Gasteiger partial charge in [0.05, 0.1) is 6.61 Å². The van der Waals surface area contributed by atoms with Crippen LogP contribution in [0, 0.1) is 0 Å². The van der Waals surface area contributed by atoms with Crippen molar-refractivity contribution in [2.24, 2.45) is 0 Å². The number of hydrogen-bond acceptors (Lipinski definition) is 4. The molecule has 1 N–H and O–H groups in total. The lowest BCUT2D eigenvalue weighted by molar-refractivity contribution is -0.147. The molecule has 0 rings (SSSR count). The van der Waals surface area contributed by atoms with Gasteiger partial charge >= 0.3 is 5.97 Å². The third-order valence-electron chi connectivity index (χ3n) is 1.86. The third kappa shape index (κ3) is 6.23. The second kappa shape index (κ2) is 8.70. The predicted molar refractivity (Wildman–Crippen MR) is 66.9 cm³/mol. The quantitative estimate of drug-likeness (QED) is 0.560. The van der Waals surface area contributed by atoms with Gasteiger partial charge in [0.1, 0.15) is 11.4 Å². The van der Waals surface area contributed by atoms with Gasteiger partial charge in [-0.15, -0.1) is 11.6 Å². The van der Waals surface area contributed by atoms with E-state index < -0.39 is 17.4 Å². The van der Waals surface area contributed by atoms with Crippen molar-refractivity contribution in [3.8, 4) is 0 Å². The van der Waals surface area contributed by atoms with E-state index >= 15 is 0 Å². The van der Waals surface area contributed by atoms with E-state index in [2.05, 4.69) is 5.32 Å². The highest BCUT2D eigenvalue weighted by Gasteiger charge is 2.23. The Morgan fingerprint density at radius 1 is 1.50 bits per heavy atom. The van der Waals surface area contributed by atoms with E-state index in [4.69, 9.17) is 16.3 Å². The van der Waals surface area contributed by atoms with Crippen molar-refractivity contribution >= 4 is 35.2 Å². The van der Waals surface area contributed by atoms with Crippen LogP contribution in [0.5, 0.6) is 0 Å². The number of hydrogen-bond donors (Lipinski definition) is 1. The summed E-state index contributed by atoms with van der Waals surface area (Å²) >= 11 is 7.23. The summed E-state index contributed by atoms with van der Waals surface area (Å²) in [7, 11) is 0. The Morgan fingerprint density at radius 3 is 2.56 bits per heavy atom. The van der Waals surface area contributed by atoms with E-state index in [9.17, 15) is 9.59 Å². The monoisotopic (exact) mass is 267 g/mol. The first-order valence-corrected chi connectivity index (χ1v) is 6.96. The first-order chi connectivity index (χ1) is 7.52. The highest BCUT2D eigenvalue weighted by Crippen LogP contribution is 2.04. The minimum atomic E-state index is -0.647. The summed E-state index contributed by atoms with van der Waals surface area (Å²) in [6.07, 6.45) is 2.49. The predicted octanol–water partition coefficient (Wildman–Crippen LogP) is 1.41. The summed E-state index contributed by atoms with van der Waals surface area (Å²) in [4.78, 5) is 22.9. The van der Waals surface area contributed by atoms with Gasteiger partial charge in [-0.05, 0) is 32.3 Å². The number of rotatable bonds is 7. The lowest BCUT2D eigenvalue weighted by Crippen LogP contribution is -2.44. The molecular weight excluding hydrogens is 250 g/mol. The molecule has 0 aliphatic heterocycles. The van der Waals surface area contributed by atoms with Crippen LogP contribution in [0.4, 0.5) is 0 Å². The molecule has 0 radical (unpaired) electrons. The van der Waals surface area contributed by atoms with E-state index in [1.165, 1.54) is 0 Å². The van der Waals surface area contributed by atoms with E-state index in [-0.39, 0.29) is 5.91 Å². The third-order valence-corrected chi connectivity index (χ3v) is 2.70. The van der Waals surface area contributed by atoms with Crippen molar-refractivity contribution in [3.63, 3.8) is 0 Å². The number of thioether (sulfide) groups is 1. The summed E-state index contributed by atoms with van der Waals surface area (Å²) in [6, 6.07) is -0.596. The molecule has 0 aliphatic rings. The number of carbonyl (C=O) groups is 2. The van der Waals surface area contributed by atoms with Gasteiger partial charge < -0.3 is 10.1 Å². The SMILES string of the molecule is CCOC(=O)C(CCSC)NC(=O)C(C)Cl. The molecule has 0 spiro atoms. The summed E-state index contributed by atoms with van der Waals surface area (Å²) in [5.41, 5.74) is 0. The number of carbonyl (C=O) groups excluding carboxylic acids is 2. The van der Waals surface area contributed by atoms with Crippen molar-refractivity contribution < 1.29 is 14.3 Å². The normalized spacial score (nSPS) is 14.0. The highest BCUT2D eigenvalue weighted by atomic mass is 35.5. The van der Waals surface area contributed by atoms with Crippen LogP contribution < -0.4 is 5.32 Å². The minimum Gasteiger partial charge on any atom is -0.464 e. The Hall–Kier alpha value is -0.420. The van der Waals surface area contributed by atoms with Gasteiger partial charge in [0.2, 0.25) is 5.91 Å². The van der Waals surface area contributed by atoms with Crippen LogP contribution in [-0.4, -0.2) is 41.9 Å². The first-order valence-electron chi connectivity index (χ1n) is 5.12. The van der Waals surface area contributed by atoms with Crippen molar-refractivity contribution in [1.82, 2.24) is 5.32 Å². The summed E-state index contributed by atoms with van der Waals surface area (Å²) in [5.74, 6) is 0.0310. The number of amides is 1. The zero-order valence-electron chi connectivity index (χ0n) is 9.79. The lowest BCUT2D eigenvalue weighted by Gasteiger charge is -2.17. The molecule has 0 aromatic rings. The average molecular weight is 268 g/mol. The van der Waals surface area contributed by atoms with Crippen LogP contribution in [0.15, 0.2) is 0 Å². The van der Waals surface area contributed by atoms with Crippen molar-refractivity contribution in [2.45, 2.75) is 31.7 Å². The Balaban J connectivity index is 4.30. The molecule has 0 aromatic heterocycles. The number of alkyl halides is 1. The first kappa shape index (κ1) is 15.6. The standard InChI is InChI=1S/C10H18ClNO3S/c1-4-15-10(14)8(5-6-16-3)12-9(13)7(2)11/h7-8H,4-6H2,1-3H3,(H,12,13). The van der Waals surface area contributed by atoms with Crippen LogP contribution in [0.25, 0.3) is 0 Å². The molecule has 0 aromatic carbocycles. The van der Waals surface area contributed by atoms with E-state index in [1.54, 1.807) is 25.6 Å². The molecule has 0 fully saturated rings. The highest BCUT2D eigenvalue weighted by molar-refractivity contribution is 7.98. The van der Waals surface area contributed by atoms with Crippen molar-refractivity contribution in [3.05, 3.63) is 0 Å². The van der Waals surface area contributed by atoms with E-state index in [0.717, 1.165) is 5.75 Å². The number of nitrogens with one attached hydrogen (secondary N) is 1. The van der Waals surface area contributed by atoms with Crippen LogP contribution in [-0.2, 0) is 14.3 Å². The second-order valence-corrected chi connectivity index (χ2v) is 4.85. The molecule has 0 saturated heterocycles. The fraction of sp³-hybridized carbons (Fsp3) is 0.800. The Kier molecular flexibility index (Phi) is 8.47. The summed E-state index contributed by atoms with van der Waals surface area (Å²) in [5, 5.41) is 1.93. The topological polar surface area (TPSA) is 55.4 Å². The van der Waals surface area contributed by atoms with E-state index in [0.29, 0.717) is 13.0 Å². The van der Waals surface area contributed by atoms with Gasteiger partial charge in [-0.25, -0.2) is 4.79 Å². The molecule has 0 aliphatic carbocycles. The lowest BCUT2D eigenvalue weighted by atomic mass is 10.2. The maximum Gasteiger partial charge on any atom is 0.328 e. The van der Waals surface area contributed by atoms with Gasteiger partial charge in [0.15, 0.2) is 0 Å². The summed E-state index contributed by atoms with van der Waals surface area (Å²) < 4.78 is 4.88. The molecule has 6 heteroatoms. The van der Waals surface area contributed by atoms with Crippen LogP contribution >= 0.6 is 23.4 Å². The molecule has 0 heterocycles. The molecule has 2 atom stereocenters. The van der Waals surface area contributed by atoms with Crippen LogP contribution in [0.2, 0.25) is 0 Å². The van der Waals surface area contributed by atoms with Gasteiger partial charge in [0.25, 0.3) is 0 Å². The number of halogens is 1. The molecule has 0 bridgehead atoms. The molecular formula is C10H18ClNO3S. The fourth-order valence-electron chi connectivity index (χ4n) is 1.01. The Bertz CT molecular complexity index is 236. The van der Waals surface area contributed by atoms with Crippen LogP contribution in [0.1, 0.15) is 20.3 Å². The molecule has 4 nitrogen and oxygen atoms in total. The van der Waals surface area contributed by atoms with Gasteiger partial charge in [0, 0.05) is 0 Å². The molecule has 0 saturated carbocycles. The van der Waals surface area contributed by atoms with Crippen LogP contribution in [0.3, 0.4) is 0 Å².